The zero-order valence-electron chi connectivity index (χ0n) is 15.7. The largest absolute Gasteiger partial charge is 0.492 e. The molecule has 8 nitrogen and oxygen atoms in total. The predicted octanol–water partition coefficient (Wildman–Crippen LogP) is 0.0469. The molecule has 3 rings (SSSR count). The Kier molecular flexibility index (Phi) is 6.68. The van der Waals surface area contributed by atoms with Crippen LogP contribution in [0.1, 0.15) is 5.56 Å². The third kappa shape index (κ3) is 5.18. The lowest BCUT2D eigenvalue weighted by atomic mass is 10.2. The number of likely N-dealkylation sites (N-methyl/N-ethyl adjacent to an activating group) is 1. The summed E-state index contributed by atoms with van der Waals surface area (Å²) in [6.07, 6.45) is 0. The molecule has 0 atom stereocenters. The molecule has 27 heavy (non-hydrogen) atoms. The van der Waals surface area contributed by atoms with E-state index in [4.69, 9.17) is 10.00 Å². The summed E-state index contributed by atoms with van der Waals surface area (Å²) in [7, 11) is -1.33. The van der Waals surface area contributed by atoms with E-state index in [-0.39, 0.29) is 0 Å². The second-order valence-corrected chi connectivity index (χ2v) is 8.86. The number of benzene rings is 1. The van der Waals surface area contributed by atoms with Crippen molar-refractivity contribution < 1.29 is 13.2 Å². The van der Waals surface area contributed by atoms with Crippen LogP contribution in [0.15, 0.2) is 24.3 Å². The summed E-state index contributed by atoms with van der Waals surface area (Å²) in [4.78, 5) is 4.37. The van der Waals surface area contributed by atoms with Crippen molar-refractivity contribution in [3.05, 3.63) is 29.8 Å². The molecule has 2 aliphatic rings. The van der Waals surface area contributed by atoms with Crippen molar-refractivity contribution >= 4 is 10.2 Å². The van der Waals surface area contributed by atoms with E-state index in [1.165, 1.54) is 0 Å². The molecule has 0 aromatic heterocycles. The molecule has 148 valence electrons. The van der Waals surface area contributed by atoms with Crippen molar-refractivity contribution in [2.75, 3.05) is 72.6 Å². The number of hydrogen-bond acceptors (Lipinski definition) is 6. The van der Waals surface area contributed by atoms with Gasteiger partial charge in [0.25, 0.3) is 10.2 Å². The summed E-state index contributed by atoms with van der Waals surface area (Å²) in [6, 6.07) is 9.13. The van der Waals surface area contributed by atoms with Crippen molar-refractivity contribution in [1.29, 1.82) is 5.26 Å². The van der Waals surface area contributed by atoms with Crippen molar-refractivity contribution in [3.63, 3.8) is 0 Å². The standard InChI is InChI=1S/C18H27N5O3S/c1-20-6-10-22(11-7-20)27(24,25)23-12-8-21(9-13-23)14-15-26-18-4-2-17(16-19)3-5-18/h2-5H,6-15H2,1H3. The summed E-state index contributed by atoms with van der Waals surface area (Å²) in [5, 5.41) is 8.80. The third-order valence-electron chi connectivity index (χ3n) is 5.11. The molecule has 0 spiro atoms. The van der Waals surface area contributed by atoms with Crippen LogP contribution in [-0.4, -0.2) is 99.4 Å². The summed E-state index contributed by atoms with van der Waals surface area (Å²) in [5.74, 6) is 0.741. The Labute approximate surface area is 161 Å². The zero-order chi connectivity index (χ0) is 19.3. The zero-order valence-corrected chi connectivity index (χ0v) is 16.6. The molecule has 9 heteroatoms. The van der Waals surface area contributed by atoms with Gasteiger partial charge in [-0.25, -0.2) is 0 Å². The molecule has 2 fully saturated rings. The number of hydrogen-bond donors (Lipinski definition) is 0. The predicted molar refractivity (Wildman–Crippen MR) is 103 cm³/mol. The molecule has 2 heterocycles. The average Bonchev–Trinajstić information content (AvgIpc) is 2.69. The van der Waals surface area contributed by atoms with E-state index in [2.05, 4.69) is 15.9 Å². The fourth-order valence-corrected chi connectivity index (χ4v) is 4.86. The van der Waals surface area contributed by atoms with E-state index in [1.807, 2.05) is 7.05 Å². The number of ether oxygens (including phenoxy) is 1. The van der Waals surface area contributed by atoms with Crippen LogP contribution in [0.4, 0.5) is 0 Å². The van der Waals surface area contributed by atoms with Crippen LogP contribution in [-0.2, 0) is 10.2 Å². The monoisotopic (exact) mass is 393 g/mol. The van der Waals surface area contributed by atoms with E-state index >= 15 is 0 Å². The first-order valence-electron chi connectivity index (χ1n) is 9.28. The van der Waals surface area contributed by atoms with Crippen LogP contribution < -0.4 is 4.74 Å². The van der Waals surface area contributed by atoms with Gasteiger partial charge in [-0.3, -0.25) is 4.90 Å². The Balaban J connectivity index is 1.41. The topological polar surface area (TPSA) is 80.1 Å². The lowest BCUT2D eigenvalue weighted by Gasteiger charge is -2.39. The normalized spacial score (nSPS) is 21.0. The van der Waals surface area contributed by atoms with E-state index in [1.54, 1.807) is 32.9 Å². The summed E-state index contributed by atoms with van der Waals surface area (Å²) < 4.78 is 34.5. The van der Waals surface area contributed by atoms with Gasteiger partial charge in [0.1, 0.15) is 12.4 Å². The van der Waals surface area contributed by atoms with E-state index < -0.39 is 10.2 Å². The first-order chi connectivity index (χ1) is 13.0. The smallest absolute Gasteiger partial charge is 0.282 e. The summed E-state index contributed by atoms with van der Waals surface area (Å²) >= 11 is 0. The SMILES string of the molecule is CN1CCN(S(=O)(=O)N2CCN(CCOc3ccc(C#N)cc3)CC2)CC1. The molecular formula is C18H27N5O3S. The van der Waals surface area contributed by atoms with E-state index in [0.29, 0.717) is 51.4 Å². The van der Waals surface area contributed by atoms with Gasteiger partial charge in [-0.1, -0.05) is 0 Å². The highest BCUT2D eigenvalue weighted by Crippen LogP contribution is 2.15. The highest BCUT2D eigenvalue weighted by atomic mass is 32.2. The lowest BCUT2D eigenvalue weighted by molar-refractivity contribution is 0.149. The molecule has 2 saturated heterocycles. The third-order valence-corrected chi connectivity index (χ3v) is 7.14. The van der Waals surface area contributed by atoms with Gasteiger partial charge in [0.15, 0.2) is 0 Å². The number of nitriles is 1. The molecule has 0 N–H and O–H groups in total. The van der Waals surface area contributed by atoms with Gasteiger partial charge in [0.05, 0.1) is 11.6 Å². The van der Waals surface area contributed by atoms with Crippen LogP contribution in [0.5, 0.6) is 5.75 Å². The average molecular weight is 394 g/mol. The molecule has 2 aliphatic heterocycles. The minimum Gasteiger partial charge on any atom is -0.492 e. The second kappa shape index (κ2) is 8.99. The van der Waals surface area contributed by atoms with Crippen molar-refractivity contribution in [2.24, 2.45) is 0 Å². The first-order valence-corrected chi connectivity index (χ1v) is 10.7. The molecule has 0 saturated carbocycles. The highest BCUT2D eigenvalue weighted by molar-refractivity contribution is 7.86. The Hall–Kier alpha value is -1.70. The van der Waals surface area contributed by atoms with Crippen LogP contribution in [0.2, 0.25) is 0 Å². The summed E-state index contributed by atoms with van der Waals surface area (Å²) in [5.41, 5.74) is 0.611. The second-order valence-electron chi connectivity index (χ2n) is 6.94. The van der Waals surface area contributed by atoms with Gasteiger partial charge in [-0.05, 0) is 31.3 Å². The molecule has 0 unspecified atom stereocenters. The number of nitrogens with zero attached hydrogens (tertiary/aromatic N) is 5. The van der Waals surface area contributed by atoms with Crippen LogP contribution in [0.25, 0.3) is 0 Å². The van der Waals surface area contributed by atoms with Crippen molar-refractivity contribution in [2.45, 2.75) is 0 Å². The van der Waals surface area contributed by atoms with Gasteiger partial charge < -0.3 is 9.64 Å². The summed E-state index contributed by atoms with van der Waals surface area (Å²) in [6.45, 7) is 6.46. The fourth-order valence-electron chi connectivity index (χ4n) is 3.28. The van der Waals surface area contributed by atoms with E-state index in [0.717, 1.165) is 25.4 Å². The van der Waals surface area contributed by atoms with Gasteiger partial charge in [-0.15, -0.1) is 0 Å². The Morgan fingerprint density at radius 1 is 0.963 bits per heavy atom. The molecule has 1 aromatic rings. The van der Waals surface area contributed by atoms with Crippen molar-refractivity contribution in [3.8, 4) is 11.8 Å². The van der Waals surface area contributed by atoms with E-state index in [9.17, 15) is 8.42 Å². The Morgan fingerprint density at radius 3 is 2.07 bits per heavy atom. The quantitative estimate of drug-likeness (QED) is 0.679. The number of piperazine rings is 2. The van der Waals surface area contributed by atoms with Gasteiger partial charge in [-0.2, -0.15) is 22.3 Å². The Morgan fingerprint density at radius 2 is 1.52 bits per heavy atom. The maximum atomic E-state index is 12.8. The highest BCUT2D eigenvalue weighted by Gasteiger charge is 2.33. The maximum Gasteiger partial charge on any atom is 0.282 e. The molecule has 1 aromatic carbocycles. The lowest BCUT2D eigenvalue weighted by Crippen LogP contribution is -2.56. The molecule has 0 amide bonds. The van der Waals surface area contributed by atoms with Crippen molar-refractivity contribution in [1.82, 2.24) is 18.4 Å². The minimum atomic E-state index is -3.35. The van der Waals surface area contributed by atoms with Gasteiger partial charge >= 0.3 is 0 Å². The van der Waals surface area contributed by atoms with Crippen LogP contribution >= 0.6 is 0 Å². The fraction of sp³-hybridized carbons (Fsp3) is 0.611. The van der Waals surface area contributed by atoms with Gasteiger partial charge in [0, 0.05) is 58.9 Å². The molecular weight excluding hydrogens is 366 g/mol. The molecule has 0 radical (unpaired) electrons. The Bertz CT molecular complexity index is 746. The van der Waals surface area contributed by atoms with Gasteiger partial charge in [0.2, 0.25) is 0 Å². The first kappa shape index (κ1) is 20.0. The number of rotatable bonds is 6. The minimum absolute atomic E-state index is 0.519. The molecule has 0 bridgehead atoms. The van der Waals surface area contributed by atoms with Crippen LogP contribution in [0, 0.1) is 11.3 Å². The molecule has 0 aliphatic carbocycles. The van der Waals surface area contributed by atoms with Crippen LogP contribution in [0.3, 0.4) is 0 Å². The maximum absolute atomic E-state index is 12.8.